The molecule has 1 aromatic rings. The van der Waals surface area contributed by atoms with Crippen molar-refractivity contribution in [3.63, 3.8) is 0 Å². The van der Waals surface area contributed by atoms with E-state index in [2.05, 4.69) is 13.8 Å². The highest BCUT2D eigenvalue weighted by Gasteiger charge is 2.23. The maximum atomic E-state index is 12.5. The van der Waals surface area contributed by atoms with E-state index in [-0.39, 0.29) is 24.8 Å². The van der Waals surface area contributed by atoms with Crippen LogP contribution >= 0.6 is 0 Å². The molecule has 1 rings (SSSR count). The lowest BCUT2D eigenvalue weighted by Gasteiger charge is -2.28. The Kier molecular flexibility index (Phi) is 29.1. The van der Waals surface area contributed by atoms with Crippen LogP contribution in [-0.4, -0.2) is 49.7 Å². The lowest BCUT2D eigenvalue weighted by molar-refractivity contribution is -0.0871. The third-order valence-corrected chi connectivity index (χ3v) is 8.62. The first kappa shape index (κ1) is 40.6. The quantitative estimate of drug-likeness (QED) is 0.0627. The highest BCUT2D eigenvalue weighted by atomic mass is 16.5. The number of ether oxygens (including phenoxy) is 3. The van der Waals surface area contributed by atoms with E-state index in [9.17, 15) is 9.90 Å². The van der Waals surface area contributed by atoms with Gasteiger partial charge in [-0.15, -0.1) is 0 Å². The summed E-state index contributed by atoms with van der Waals surface area (Å²) in [4.78, 5) is 12.5. The topological polar surface area (TPSA) is 65.0 Å². The average Bonchev–Trinajstić information content (AvgIpc) is 3.05. The van der Waals surface area contributed by atoms with Crippen LogP contribution < -0.4 is 0 Å². The van der Waals surface area contributed by atoms with Crippen LogP contribution in [0.4, 0.5) is 0 Å². The van der Waals surface area contributed by atoms with Crippen LogP contribution in [-0.2, 0) is 14.2 Å². The van der Waals surface area contributed by atoms with Crippen molar-refractivity contribution in [1.29, 1.82) is 0 Å². The number of unbranched alkanes of at least 4 members (excludes halogenated alkanes) is 19. The molecular weight excluding hydrogens is 548 g/mol. The smallest absolute Gasteiger partial charge is 0.338 e. The molecule has 44 heavy (non-hydrogen) atoms. The Bertz CT molecular complexity index is 724. The van der Waals surface area contributed by atoms with Gasteiger partial charge in [0.2, 0.25) is 0 Å². The predicted octanol–water partition coefficient (Wildman–Crippen LogP) is 11.0. The van der Waals surface area contributed by atoms with E-state index in [1.807, 2.05) is 18.2 Å². The first-order chi connectivity index (χ1) is 21.7. The normalized spacial score (nSPS) is 12.8. The molecule has 0 saturated carbocycles. The van der Waals surface area contributed by atoms with Gasteiger partial charge in [0.15, 0.2) is 0 Å². The number of benzene rings is 1. The van der Waals surface area contributed by atoms with Crippen molar-refractivity contribution in [3.8, 4) is 0 Å². The second kappa shape index (κ2) is 31.5. The SMILES string of the molecule is CCCCCCCCCCCCOC(CCCCO)C(CCOC(=O)c1ccccc1)OCCCCCCCCCCCC. The second-order valence-electron chi connectivity index (χ2n) is 12.7. The van der Waals surface area contributed by atoms with Crippen molar-refractivity contribution in [1.82, 2.24) is 0 Å². The monoisotopic (exact) mass is 619 g/mol. The van der Waals surface area contributed by atoms with Crippen molar-refractivity contribution < 1.29 is 24.1 Å². The van der Waals surface area contributed by atoms with Gasteiger partial charge in [-0.2, -0.15) is 0 Å². The van der Waals surface area contributed by atoms with E-state index in [1.165, 1.54) is 116 Å². The molecule has 256 valence electrons. The van der Waals surface area contributed by atoms with Gasteiger partial charge in [0.25, 0.3) is 0 Å². The molecule has 0 aliphatic heterocycles. The number of carbonyl (C=O) groups excluding carboxylic acids is 1. The largest absolute Gasteiger partial charge is 0.462 e. The minimum Gasteiger partial charge on any atom is -0.462 e. The standard InChI is InChI=1S/C39H70O5/c1-3-5-7-9-11-13-15-17-19-26-33-42-37(30-24-25-32-40)38(31-35-44-39(41)36-28-22-21-23-29-36)43-34-27-20-18-16-14-12-10-8-6-4-2/h21-23,28-29,37-38,40H,3-20,24-27,30-35H2,1-2H3. The molecule has 2 unspecified atom stereocenters. The summed E-state index contributed by atoms with van der Waals surface area (Å²) in [5.74, 6) is -0.290. The van der Waals surface area contributed by atoms with E-state index in [0.29, 0.717) is 25.2 Å². The number of aliphatic hydroxyl groups is 1. The molecule has 0 radical (unpaired) electrons. The Morgan fingerprint density at radius 3 is 1.43 bits per heavy atom. The molecule has 2 atom stereocenters. The lowest BCUT2D eigenvalue weighted by atomic mass is 10.0. The van der Waals surface area contributed by atoms with Gasteiger partial charge < -0.3 is 19.3 Å². The Labute approximate surface area is 272 Å². The van der Waals surface area contributed by atoms with Gasteiger partial charge in [0.05, 0.1) is 24.4 Å². The Morgan fingerprint density at radius 2 is 0.977 bits per heavy atom. The van der Waals surface area contributed by atoms with Crippen LogP contribution in [0.3, 0.4) is 0 Å². The highest BCUT2D eigenvalue weighted by molar-refractivity contribution is 5.89. The van der Waals surface area contributed by atoms with Gasteiger partial charge in [0, 0.05) is 26.2 Å². The first-order valence-corrected chi connectivity index (χ1v) is 18.8. The summed E-state index contributed by atoms with van der Waals surface area (Å²) < 4.78 is 18.6. The Balaban J connectivity index is 2.50. The molecule has 0 bridgehead atoms. The van der Waals surface area contributed by atoms with Crippen LogP contribution in [0.1, 0.15) is 178 Å². The molecule has 1 N–H and O–H groups in total. The summed E-state index contributed by atoms with van der Waals surface area (Å²) in [7, 11) is 0. The van der Waals surface area contributed by atoms with E-state index in [0.717, 1.165) is 38.7 Å². The molecule has 0 spiro atoms. The first-order valence-electron chi connectivity index (χ1n) is 18.8. The summed E-state index contributed by atoms with van der Waals surface area (Å²) in [6.07, 6.45) is 29.0. The highest BCUT2D eigenvalue weighted by Crippen LogP contribution is 2.19. The maximum Gasteiger partial charge on any atom is 0.338 e. The Hall–Kier alpha value is -1.43. The van der Waals surface area contributed by atoms with Crippen molar-refractivity contribution in [2.45, 2.75) is 180 Å². The fourth-order valence-electron chi connectivity index (χ4n) is 5.78. The third-order valence-electron chi connectivity index (χ3n) is 8.62. The maximum absolute atomic E-state index is 12.5. The minimum atomic E-state index is -0.290. The van der Waals surface area contributed by atoms with Gasteiger partial charge in [-0.05, 0) is 44.2 Å². The Morgan fingerprint density at radius 1 is 0.545 bits per heavy atom. The predicted molar refractivity (Wildman–Crippen MR) is 185 cm³/mol. The molecule has 0 fully saturated rings. The van der Waals surface area contributed by atoms with Crippen LogP contribution in [0, 0.1) is 0 Å². The molecule has 1 aromatic carbocycles. The summed E-state index contributed by atoms with van der Waals surface area (Å²) in [5, 5.41) is 9.39. The molecule has 0 heterocycles. The molecule has 0 aliphatic rings. The van der Waals surface area contributed by atoms with Crippen molar-refractivity contribution in [2.24, 2.45) is 0 Å². The molecule has 0 aliphatic carbocycles. The van der Waals surface area contributed by atoms with Gasteiger partial charge in [-0.1, -0.05) is 148 Å². The molecule has 5 heteroatoms. The number of esters is 1. The van der Waals surface area contributed by atoms with Crippen LogP contribution in [0.15, 0.2) is 30.3 Å². The average molecular weight is 619 g/mol. The van der Waals surface area contributed by atoms with E-state index in [1.54, 1.807) is 12.1 Å². The molecule has 0 amide bonds. The van der Waals surface area contributed by atoms with Gasteiger partial charge in [-0.3, -0.25) is 0 Å². The zero-order chi connectivity index (χ0) is 31.8. The fraction of sp³-hybridized carbons (Fsp3) is 0.821. The van der Waals surface area contributed by atoms with Crippen LogP contribution in [0.5, 0.6) is 0 Å². The fourth-order valence-corrected chi connectivity index (χ4v) is 5.78. The zero-order valence-corrected chi connectivity index (χ0v) is 28.9. The summed E-state index contributed by atoms with van der Waals surface area (Å²) in [6, 6.07) is 9.18. The zero-order valence-electron chi connectivity index (χ0n) is 28.9. The molecule has 5 nitrogen and oxygen atoms in total. The molecular formula is C39H70O5. The van der Waals surface area contributed by atoms with Gasteiger partial charge in [-0.25, -0.2) is 4.79 Å². The van der Waals surface area contributed by atoms with Crippen LogP contribution in [0.2, 0.25) is 0 Å². The van der Waals surface area contributed by atoms with Gasteiger partial charge in [0.1, 0.15) is 0 Å². The van der Waals surface area contributed by atoms with E-state index < -0.39 is 0 Å². The number of aliphatic hydroxyl groups excluding tert-OH is 1. The van der Waals surface area contributed by atoms with Crippen molar-refractivity contribution in [2.75, 3.05) is 26.4 Å². The summed E-state index contributed by atoms with van der Waals surface area (Å²) in [6.45, 7) is 6.51. The lowest BCUT2D eigenvalue weighted by Crippen LogP contribution is -2.34. The van der Waals surface area contributed by atoms with Crippen molar-refractivity contribution >= 4 is 5.97 Å². The molecule has 0 aromatic heterocycles. The number of rotatable bonds is 33. The van der Waals surface area contributed by atoms with Crippen LogP contribution in [0.25, 0.3) is 0 Å². The van der Waals surface area contributed by atoms with E-state index in [4.69, 9.17) is 14.2 Å². The van der Waals surface area contributed by atoms with E-state index >= 15 is 0 Å². The number of hydrogen-bond donors (Lipinski definition) is 1. The number of hydrogen-bond acceptors (Lipinski definition) is 5. The summed E-state index contributed by atoms with van der Waals surface area (Å²) >= 11 is 0. The van der Waals surface area contributed by atoms with Crippen molar-refractivity contribution in [3.05, 3.63) is 35.9 Å². The minimum absolute atomic E-state index is 0.0429. The number of carbonyl (C=O) groups is 1. The molecule has 0 saturated heterocycles. The van der Waals surface area contributed by atoms with Gasteiger partial charge >= 0.3 is 5.97 Å². The third kappa shape index (κ3) is 23.9. The second-order valence-corrected chi connectivity index (χ2v) is 12.7. The summed E-state index contributed by atoms with van der Waals surface area (Å²) in [5.41, 5.74) is 0.576.